The molecule has 1 heterocycles. The maximum Gasteiger partial charge on any atom is 0.204 e. The number of fused-ring (bicyclic) bond motifs is 1. The second-order valence-electron chi connectivity index (χ2n) is 7.97. The number of aromatic hydroxyl groups is 1. The van der Waals surface area contributed by atoms with E-state index in [0.717, 1.165) is 41.1 Å². The number of hydrogen-bond donors (Lipinski definition) is 2. The van der Waals surface area contributed by atoms with Crippen LogP contribution in [0.4, 0.5) is 5.95 Å². The number of nitrogens with zero attached hydrogens (tertiary/aromatic N) is 2. The number of phenols is 1. The SMILES string of the molecule is C=CCc1cccc(CNc2nc3ccccc3n2CCCCCCCCC)c1O. The number of aryl methyl sites for hydroxylation is 1. The summed E-state index contributed by atoms with van der Waals surface area (Å²) in [5.41, 5.74) is 3.95. The van der Waals surface area contributed by atoms with Crippen LogP contribution in [0.15, 0.2) is 55.1 Å². The molecule has 4 heteroatoms. The van der Waals surface area contributed by atoms with E-state index < -0.39 is 0 Å². The first-order valence-corrected chi connectivity index (χ1v) is 11.3. The predicted molar refractivity (Wildman–Crippen MR) is 127 cm³/mol. The predicted octanol–water partition coefficient (Wildman–Crippen LogP) is 6.83. The van der Waals surface area contributed by atoms with Gasteiger partial charge in [-0.1, -0.05) is 81.9 Å². The lowest BCUT2D eigenvalue weighted by Gasteiger charge is -2.13. The Morgan fingerprint density at radius 1 is 0.967 bits per heavy atom. The van der Waals surface area contributed by atoms with Crippen LogP contribution in [-0.4, -0.2) is 14.7 Å². The van der Waals surface area contributed by atoms with Gasteiger partial charge in [0, 0.05) is 18.7 Å². The van der Waals surface area contributed by atoms with E-state index in [1.165, 1.54) is 38.5 Å². The van der Waals surface area contributed by atoms with Gasteiger partial charge in [0.25, 0.3) is 0 Å². The highest BCUT2D eigenvalue weighted by molar-refractivity contribution is 5.78. The molecule has 2 aromatic carbocycles. The molecule has 0 radical (unpaired) electrons. The molecule has 0 aliphatic carbocycles. The molecule has 0 atom stereocenters. The van der Waals surface area contributed by atoms with Crippen molar-refractivity contribution in [2.75, 3.05) is 5.32 Å². The zero-order valence-electron chi connectivity index (χ0n) is 18.2. The van der Waals surface area contributed by atoms with Crippen LogP contribution < -0.4 is 5.32 Å². The number of hydrogen-bond acceptors (Lipinski definition) is 3. The third-order valence-electron chi connectivity index (χ3n) is 5.64. The largest absolute Gasteiger partial charge is 0.507 e. The molecule has 2 N–H and O–H groups in total. The standard InChI is InChI=1S/C26H35N3O/c1-3-5-6-7-8-9-12-19-29-24-18-11-10-17-23(24)28-26(29)27-20-22-16-13-15-21(14-4-2)25(22)30/h4,10-11,13,15-18,30H,2-3,5-9,12,14,19-20H2,1H3,(H,27,28). The number of anilines is 1. The van der Waals surface area contributed by atoms with Gasteiger partial charge in [-0.05, 0) is 30.5 Å². The van der Waals surface area contributed by atoms with Crippen molar-refractivity contribution in [1.29, 1.82) is 0 Å². The zero-order chi connectivity index (χ0) is 21.2. The maximum atomic E-state index is 10.6. The fourth-order valence-electron chi connectivity index (χ4n) is 3.95. The van der Waals surface area contributed by atoms with Crippen LogP contribution in [-0.2, 0) is 19.5 Å². The highest BCUT2D eigenvalue weighted by atomic mass is 16.3. The number of rotatable bonds is 13. The van der Waals surface area contributed by atoms with E-state index in [-0.39, 0.29) is 0 Å². The van der Waals surface area contributed by atoms with Gasteiger partial charge in [-0.3, -0.25) is 0 Å². The summed E-state index contributed by atoms with van der Waals surface area (Å²) < 4.78 is 2.28. The number of allylic oxidation sites excluding steroid dienone is 1. The Bertz CT molecular complexity index is 945. The summed E-state index contributed by atoms with van der Waals surface area (Å²) in [5.74, 6) is 1.22. The van der Waals surface area contributed by atoms with Gasteiger partial charge < -0.3 is 15.0 Å². The molecular weight excluding hydrogens is 370 g/mol. The summed E-state index contributed by atoms with van der Waals surface area (Å²) in [6.45, 7) is 7.53. The van der Waals surface area contributed by atoms with Crippen molar-refractivity contribution in [3.05, 3.63) is 66.2 Å². The number of aromatic nitrogens is 2. The topological polar surface area (TPSA) is 50.1 Å². The Hall–Kier alpha value is -2.75. The van der Waals surface area contributed by atoms with Gasteiger partial charge in [0.1, 0.15) is 5.75 Å². The van der Waals surface area contributed by atoms with Crippen LogP contribution in [0.25, 0.3) is 11.0 Å². The first-order valence-electron chi connectivity index (χ1n) is 11.3. The monoisotopic (exact) mass is 405 g/mol. The molecule has 0 unspecified atom stereocenters. The minimum absolute atomic E-state index is 0.347. The Balaban J connectivity index is 1.67. The molecule has 0 spiro atoms. The maximum absolute atomic E-state index is 10.6. The van der Waals surface area contributed by atoms with Crippen molar-refractivity contribution in [2.24, 2.45) is 0 Å². The number of nitrogens with one attached hydrogen (secondary N) is 1. The van der Waals surface area contributed by atoms with Crippen molar-refractivity contribution >= 4 is 17.0 Å². The molecule has 0 amide bonds. The number of unbranched alkanes of at least 4 members (excludes halogenated alkanes) is 6. The van der Waals surface area contributed by atoms with Gasteiger partial charge in [-0.15, -0.1) is 6.58 Å². The highest BCUT2D eigenvalue weighted by Gasteiger charge is 2.12. The number of para-hydroxylation sites is 3. The highest BCUT2D eigenvalue weighted by Crippen LogP contribution is 2.26. The second kappa shape index (κ2) is 11.4. The minimum Gasteiger partial charge on any atom is -0.507 e. The van der Waals surface area contributed by atoms with Gasteiger partial charge >= 0.3 is 0 Å². The van der Waals surface area contributed by atoms with E-state index in [9.17, 15) is 5.11 Å². The molecule has 30 heavy (non-hydrogen) atoms. The molecule has 0 fully saturated rings. The van der Waals surface area contributed by atoms with Gasteiger partial charge in [-0.25, -0.2) is 4.98 Å². The third kappa shape index (κ3) is 5.65. The first kappa shape index (κ1) is 21.9. The van der Waals surface area contributed by atoms with Gasteiger partial charge in [-0.2, -0.15) is 0 Å². The Morgan fingerprint density at radius 2 is 1.70 bits per heavy atom. The Kier molecular flexibility index (Phi) is 8.37. The molecule has 0 aliphatic rings. The molecular formula is C26H35N3O. The lowest BCUT2D eigenvalue weighted by Crippen LogP contribution is -2.08. The Morgan fingerprint density at radius 3 is 2.50 bits per heavy atom. The molecule has 0 aliphatic heterocycles. The van der Waals surface area contributed by atoms with Crippen LogP contribution in [0.2, 0.25) is 0 Å². The third-order valence-corrected chi connectivity index (χ3v) is 5.64. The fraction of sp³-hybridized carbons (Fsp3) is 0.423. The summed E-state index contributed by atoms with van der Waals surface area (Å²) in [5, 5.41) is 14.0. The van der Waals surface area contributed by atoms with Crippen molar-refractivity contribution in [3.63, 3.8) is 0 Å². The number of benzene rings is 2. The van der Waals surface area contributed by atoms with Gasteiger partial charge in [0.2, 0.25) is 5.95 Å². The van der Waals surface area contributed by atoms with E-state index in [1.54, 1.807) is 0 Å². The summed E-state index contributed by atoms with van der Waals surface area (Å²) in [7, 11) is 0. The smallest absolute Gasteiger partial charge is 0.204 e. The summed E-state index contributed by atoms with van der Waals surface area (Å²) in [6.07, 6.45) is 11.5. The van der Waals surface area contributed by atoms with Crippen molar-refractivity contribution in [1.82, 2.24) is 9.55 Å². The lowest BCUT2D eigenvalue weighted by atomic mass is 10.1. The van der Waals surface area contributed by atoms with Crippen LogP contribution in [0, 0.1) is 0 Å². The quantitative estimate of drug-likeness (QED) is 0.242. The van der Waals surface area contributed by atoms with Gasteiger partial charge in [0.15, 0.2) is 0 Å². The average Bonchev–Trinajstić information content (AvgIpc) is 3.11. The second-order valence-corrected chi connectivity index (χ2v) is 7.97. The number of phenolic OH excluding ortho intramolecular Hbond substituents is 1. The molecule has 0 bridgehead atoms. The number of imidazole rings is 1. The Labute approximate surface area is 180 Å². The normalized spacial score (nSPS) is 11.1. The molecule has 160 valence electrons. The molecule has 3 rings (SSSR count). The molecule has 3 aromatic rings. The van der Waals surface area contributed by atoms with Crippen molar-refractivity contribution < 1.29 is 5.11 Å². The minimum atomic E-state index is 0.347. The average molecular weight is 406 g/mol. The fourth-order valence-corrected chi connectivity index (χ4v) is 3.95. The van der Waals surface area contributed by atoms with Crippen LogP contribution >= 0.6 is 0 Å². The zero-order valence-corrected chi connectivity index (χ0v) is 18.2. The van der Waals surface area contributed by atoms with E-state index in [4.69, 9.17) is 4.98 Å². The van der Waals surface area contributed by atoms with Gasteiger partial charge in [0.05, 0.1) is 11.0 Å². The van der Waals surface area contributed by atoms with E-state index in [0.29, 0.717) is 18.7 Å². The van der Waals surface area contributed by atoms with E-state index >= 15 is 0 Å². The summed E-state index contributed by atoms with van der Waals surface area (Å²) in [6, 6.07) is 14.2. The van der Waals surface area contributed by atoms with Crippen LogP contribution in [0.3, 0.4) is 0 Å². The lowest BCUT2D eigenvalue weighted by molar-refractivity contribution is 0.463. The van der Waals surface area contributed by atoms with E-state index in [2.05, 4.69) is 41.6 Å². The summed E-state index contributed by atoms with van der Waals surface area (Å²) >= 11 is 0. The molecule has 4 nitrogen and oxygen atoms in total. The first-order chi connectivity index (χ1) is 14.7. The van der Waals surface area contributed by atoms with Crippen LogP contribution in [0.1, 0.15) is 63.0 Å². The van der Waals surface area contributed by atoms with Crippen LogP contribution in [0.5, 0.6) is 5.75 Å². The molecule has 1 aromatic heterocycles. The van der Waals surface area contributed by atoms with Crippen molar-refractivity contribution in [2.45, 2.75) is 71.4 Å². The summed E-state index contributed by atoms with van der Waals surface area (Å²) in [4.78, 5) is 4.81. The molecule has 0 saturated heterocycles. The molecule has 0 saturated carbocycles. The van der Waals surface area contributed by atoms with E-state index in [1.807, 2.05) is 30.3 Å². The van der Waals surface area contributed by atoms with Crippen molar-refractivity contribution in [3.8, 4) is 5.75 Å².